The second-order valence-electron chi connectivity index (χ2n) is 6.38. The maximum atomic E-state index is 5.31. The van der Waals surface area contributed by atoms with Crippen molar-refractivity contribution in [2.24, 2.45) is 0 Å². The lowest BCUT2D eigenvalue weighted by atomic mass is 10.1. The van der Waals surface area contributed by atoms with Crippen LogP contribution in [0.3, 0.4) is 0 Å². The summed E-state index contributed by atoms with van der Waals surface area (Å²) in [5.74, 6) is 1.76. The molecule has 1 aromatic carbocycles. The Hall–Kier alpha value is -2.95. The summed E-state index contributed by atoms with van der Waals surface area (Å²) in [4.78, 5) is 9.22. The van der Waals surface area contributed by atoms with Gasteiger partial charge in [-0.3, -0.25) is 0 Å². The summed E-state index contributed by atoms with van der Waals surface area (Å²) in [6, 6.07) is 12.7. The SMILES string of the molecule is Cc1noc(C)c1-c1cnc2nc(C)n(C(C)c3ccccc3)c2c1. The van der Waals surface area contributed by atoms with Gasteiger partial charge in [0, 0.05) is 17.3 Å². The minimum Gasteiger partial charge on any atom is -0.361 e. The van der Waals surface area contributed by atoms with Gasteiger partial charge >= 0.3 is 0 Å². The first-order chi connectivity index (χ1) is 12.1. The molecule has 0 fully saturated rings. The van der Waals surface area contributed by atoms with Crippen LogP contribution < -0.4 is 0 Å². The highest BCUT2D eigenvalue weighted by atomic mass is 16.5. The molecular formula is C20H20N4O. The molecule has 0 aliphatic rings. The van der Waals surface area contributed by atoms with Crippen molar-refractivity contribution >= 4 is 11.2 Å². The summed E-state index contributed by atoms with van der Waals surface area (Å²) in [6.07, 6.45) is 1.85. The first-order valence-corrected chi connectivity index (χ1v) is 8.39. The molecule has 0 aliphatic heterocycles. The first-order valence-electron chi connectivity index (χ1n) is 8.39. The Kier molecular flexibility index (Phi) is 3.64. The highest BCUT2D eigenvalue weighted by molar-refractivity contribution is 5.80. The molecule has 1 atom stereocenters. The van der Waals surface area contributed by atoms with Gasteiger partial charge in [0.15, 0.2) is 5.65 Å². The molecule has 0 spiro atoms. The van der Waals surface area contributed by atoms with Crippen LogP contribution in [0.1, 0.15) is 35.8 Å². The van der Waals surface area contributed by atoms with Crippen LogP contribution in [0.5, 0.6) is 0 Å². The predicted molar refractivity (Wildman–Crippen MR) is 97.5 cm³/mol. The van der Waals surface area contributed by atoms with Gasteiger partial charge in [0.05, 0.1) is 17.3 Å². The Morgan fingerprint density at radius 3 is 2.52 bits per heavy atom. The molecule has 0 amide bonds. The monoisotopic (exact) mass is 332 g/mol. The zero-order valence-corrected chi connectivity index (χ0v) is 14.8. The molecule has 1 unspecified atom stereocenters. The third-order valence-corrected chi connectivity index (χ3v) is 4.71. The lowest BCUT2D eigenvalue weighted by molar-refractivity contribution is 0.393. The van der Waals surface area contributed by atoms with Gasteiger partial charge in [-0.25, -0.2) is 9.97 Å². The van der Waals surface area contributed by atoms with Gasteiger partial charge in [-0.15, -0.1) is 0 Å². The zero-order valence-electron chi connectivity index (χ0n) is 14.8. The van der Waals surface area contributed by atoms with E-state index in [1.807, 2.05) is 33.0 Å². The third-order valence-electron chi connectivity index (χ3n) is 4.71. The number of pyridine rings is 1. The molecule has 0 bridgehead atoms. The van der Waals surface area contributed by atoms with Gasteiger partial charge in [-0.05, 0) is 39.3 Å². The number of hydrogen-bond donors (Lipinski definition) is 0. The molecule has 0 saturated carbocycles. The van der Waals surface area contributed by atoms with Crippen LogP contribution in [0.15, 0.2) is 47.1 Å². The number of rotatable bonds is 3. The molecule has 0 saturated heterocycles. The quantitative estimate of drug-likeness (QED) is 0.549. The molecule has 3 aromatic heterocycles. The molecule has 0 N–H and O–H groups in total. The number of nitrogens with zero attached hydrogens (tertiary/aromatic N) is 4. The lowest BCUT2D eigenvalue weighted by Gasteiger charge is -2.17. The van der Waals surface area contributed by atoms with E-state index in [4.69, 9.17) is 4.52 Å². The molecule has 3 heterocycles. The summed E-state index contributed by atoms with van der Waals surface area (Å²) in [5, 5.41) is 4.06. The molecule has 25 heavy (non-hydrogen) atoms. The van der Waals surface area contributed by atoms with Crippen LogP contribution in [0, 0.1) is 20.8 Å². The summed E-state index contributed by atoms with van der Waals surface area (Å²) in [6.45, 7) is 8.09. The van der Waals surface area contributed by atoms with E-state index in [-0.39, 0.29) is 6.04 Å². The molecular weight excluding hydrogens is 312 g/mol. The average molecular weight is 332 g/mol. The van der Waals surface area contributed by atoms with Crippen LogP contribution in [0.25, 0.3) is 22.3 Å². The number of aromatic nitrogens is 4. The third kappa shape index (κ3) is 2.52. The van der Waals surface area contributed by atoms with Crippen LogP contribution in [0.2, 0.25) is 0 Å². The number of hydrogen-bond acceptors (Lipinski definition) is 4. The van der Waals surface area contributed by atoms with Gasteiger partial charge in [-0.1, -0.05) is 35.5 Å². The summed E-state index contributed by atoms with van der Waals surface area (Å²) in [7, 11) is 0. The minimum absolute atomic E-state index is 0.174. The fourth-order valence-electron chi connectivity index (χ4n) is 3.49. The number of benzene rings is 1. The second kappa shape index (κ2) is 5.84. The predicted octanol–water partition coefficient (Wildman–Crippen LogP) is 4.62. The average Bonchev–Trinajstić information content (AvgIpc) is 3.12. The van der Waals surface area contributed by atoms with Crippen molar-refractivity contribution in [1.82, 2.24) is 19.7 Å². The van der Waals surface area contributed by atoms with Crippen LogP contribution in [-0.4, -0.2) is 19.7 Å². The summed E-state index contributed by atoms with van der Waals surface area (Å²) < 4.78 is 7.55. The second-order valence-corrected chi connectivity index (χ2v) is 6.38. The van der Waals surface area contributed by atoms with Gasteiger partial charge < -0.3 is 9.09 Å². The smallest absolute Gasteiger partial charge is 0.177 e. The van der Waals surface area contributed by atoms with Gasteiger partial charge in [-0.2, -0.15) is 0 Å². The number of aryl methyl sites for hydroxylation is 3. The van der Waals surface area contributed by atoms with Crippen molar-refractivity contribution in [1.29, 1.82) is 0 Å². The highest BCUT2D eigenvalue weighted by Crippen LogP contribution is 2.31. The largest absolute Gasteiger partial charge is 0.361 e. The number of fused-ring (bicyclic) bond motifs is 1. The minimum atomic E-state index is 0.174. The van der Waals surface area contributed by atoms with Crippen LogP contribution in [-0.2, 0) is 0 Å². The lowest BCUT2D eigenvalue weighted by Crippen LogP contribution is -2.08. The summed E-state index contributed by atoms with van der Waals surface area (Å²) >= 11 is 0. The topological polar surface area (TPSA) is 56.7 Å². The van der Waals surface area contributed by atoms with Crippen molar-refractivity contribution in [3.8, 4) is 11.1 Å². The molecule has 5 nitrogen and oxygen atoms in total. The van der Waals surface area contributed by atoms with Gasteiger partial charge in [0.25, 0.3) is 0 Å². The Morgan fingerprint density at radius 1 is 1.08 bits per heavy atom. The normalized spacial score (nSPS) is 12.6. The maximum Gasteiger partial charge on any atom is 0.177 e. The van der Waals surface area contributed by atoms with Crippen molar-refractivity contribution in [2.45, 2.75) is 33.7 Å². The summed E-state index contributed by atoms with van der Waals surface area (Å²) in [5.41, 5.74) is 5.91. The van der Waals surface area contributed by atoms with Gasteiger partial charge in [0.2, 0.25) is 0 Å². The van der Waals surface area contributed by atoms with Crippen molar-refractivity contribution in [3.05, 3.63) is 65.4 Å². The maximum absolute atomic E-state index is 5.31. The fraction of sp³-hybridized carbons (Fsp3) is 0.250. The van der Waals surface area contributed by atoms with E-state index in [0.29, 0.717) is 0 Å². The van der Waals surface area contributed by atoms with E-state index >= 15 is 0 Å². The Balaban J connectivity index is 1.90. The van der Waals surface area contributed by atoms with Gasteiger partial charge in [0.1, 0.15) is 11.6 Å². The Morgan fingerprint density at radius 2 is 1.84 bits per heavy atom. The molecule has 5 heteroatoms. The molecule has 126 valence electrons. The number of imidazole rings is 1. The molecule has 4 rings (SSSR count). The first kappa shape index (κ1) is 15.6. The van der Waals surface area contributed by atoms with Crippen molar-refractivity contribution < 1.29 is 4.52 Å². The van der Waals surface area contributed by atoms with E-state index in [9.17, 15) is 0 Å². The van der Waals surface area contributed by atoms with E-state index in [1.165, 1.54) is 5.56 Å². The molecule has 0 radical (unpaired) electrons. The molecule has 0 aliphatic carbocycles. The molecule has 4 aromatic rings. The van der Waals surface area contributed by atoms with Crippen LogP contribution in [0.4, 0.5) is 0 Å². The fourth-order valence-corrected chi connectivity index (χ4v) is 3.49. The highest BCUT2D eigenvalue weighted by Gasteiger charge is 2.18. The van der Waals surface area contributed by atoms with E-state index in [2.05, 4.69) is 56.9 Å². The van der Waals surface area contributed by atoms with E-state index in [1.54, 1.807) is 0 Å². The van der Waals surface area contributed by atoms with Crippen molar-refractivity contribution in [3.63, 3.8) is 0 Å². The van der Waals surface area contributed by atoms with E-state index in [0.717, 1.165) is 39.6 Å². The van der Waals surface area contributed by atoms with E-state index < -0.39 is 0 Å². The Bertz CT molecular complexity index is 1030. The zero-order chi connectivity index (χ0) is 17.6. The van der Waals surface area contributed by atoms with Crippen molar-refractivity contribution in [2.75, 3.05) is 0 Å². The Labute approximate surface area is 146 Å². The standard InChI is InChI=1S/C20H20N4O/c1-12-19(14(3)25-23-12)17-10-18-20(21-11-17)22-15(4)24(18)13(2)16-8-6-5-7-9-16/h5-11,13H,1-4H3. The van der Waals surface area contributed by atoms with Crippen LogP contribution >= 0.6 is 0 Å².